The fraction of sp³-hybridized carbons (Fsp3) is 0.231. The Morgan fingerprint density at radius 2 is 2.06 bits per heavy atom. The Morgan fingerprint density at radius 1 is 1.22 bits per heavy atom. The Hall–Kier alpha value is -1.00. The maximum absolute atomic E-state index is 9.30. The average Bonchev–Trinajstić information content (AvgIpc) is 2.88. The molecule has 1 atom stereocenters. The topological polar surface area (TPSA) is 45.4 Å². The molecule has 0 saturated carbocycles. The molecule has 2 N–H and O–H groups in total. The summed E-state index contributed by atoms with van der Waals surface area (Å²) in [5.41, 5.74) is 0.995. The molecule has 96 valence electrons. The molecule has 1 unspecified atom stereocenters. The molecule has 0 aliphatic heterocycles. The number of halogens is 2. The summed E-state index contributed by atoms with van der Waals surface area (Å²) in [6, 6.07) is 8.82. The van der Waals surface area contributed by atoms with Crippen LogP contribution in [0.1, 0.15) is 17.4 Å². The lowest BCUT2D eigenvalue weighted by molar-refractivity contribution is 0.225. The number of furan rings is 1. The minimum Gasteiger partial charge on any atom is -0.468 e. The van der Waals surface area contributed by atoms with Gasteiger partial charge in [0.2, 0.25) is 0 Å². The monoisotopic (exact) mass is 285 g/mol. The molecule has 1 aromatic carbocycles. The number of hydrogen-bond donors (Lipinski definition) is 2. The number of aliphatic hydroxyl groups is 1. The van der Waals surface area contributed by atoms with Crippen LogP contribution >= 0.6 is 23.2 Å². The van der Waals surface area contributed by atoms with Crippen LogP contribution in [0.25, 0.3) is 0 Å². The quantitative estimate of drug-likeness (QED) is 0.885. The summed E-state index contributed by atoms with van der Waals surface area (Å²) in [7, 11) is 0. The van der Waals surface area contributed by atoms with Crippen molar-refractivity contribution in [2.75, 3.05) is 6.61 Å². The van der Waals surface area contributed by atoms with E-state index in [0.29, 0.717) is 22.4 Å². The van der Waals surface area contributed by atoms with Crippen LogP contribution < -0.4 is 5.32 Å². The second-order valence-electron chi connectivity index (χ2n) is 3.88. The molecular weight excluding hydrogens is 273 g/mol. The van der Waals surface area contributed by atoms with Crippen molar-refractivity contribution in [1.29, 1.82) is 0 Å². The zero-order valence-corrected chi connectivity index (χ0v) is 11.1. The van der Waals surface area contributed by atoms with Gasteiger partial charge >= 0.3 is 0 Å². The molecule has 1 aromatic heterocycles. The first-order valence-electron chi connectivity index (χ1n) is 5.52. The van der Waals surface area contributed by atoms with Gasteiger partial charge in [-0.2, -0.15) is 0 Å². The van der Waals surface area contributed by atoms with E-state index in [-0.39, 0.29) is 12.6 Å². The van der Waals surface area contributed by atoms with Crippen LogP contribution in [0.4, 0.5) is 0 Å². The molecule has 2 aromatic rings. The zero-order valence-electron chi connectivity index (χ0n) is 9.57. The predicted octanol–water partition coefficient (Wildman–Crippen LogP) is 3.41. The molecule has 0 amide bonds. The highest BCUT2D eigenvalue weighted by atomic mass is 35.5. The fourth-order valence-corrected chi connectivity index (χ4v) is 1.96. The van der Waals surface area contributed by atoms with Crippen molar-refractivity contribution in [3.05, 3.63) is 58.0 Å². The summed E-state index contributed by atoms with van der Waals surface area (Å²) in [6.45, 7) is 0.539. The molecule has 0 saturated heterocycles. The summed E-state index contributed by atoms with van der Waals surface area (Å²) >= 11 is 11.8. The molecule has 0 aliphatic rings. The lowest BCUT2D eigenvalue weighted by Gasteiger charge is -2.14. The third kappa shape index (κ3) is 3.27. The third-order valence-electron chi connectivity index (χ3n) is 2.61. The minimum absolute atomic E-state index is 0.0329. The van der Waals surface area contributed by atoms with Gasteiger partial charge in [0.05, 0.1) is 29.0 Å². The van der Waals surface area contributed by atoms with Gasteiger partial charge in [0.15, 0.2) is 0 Å². The smallest absolute Gasteiger partial charge is 0.123 e. The Morgan fingerprint density at radius 3 is 2.67 bits per heavy atom. The van der Waals surface area contributed by atoms with Crippen molar-refractivity contribution in [2.45, 2.75) is 12.6 Å². The van der Waals surface area contributed by atoms with Crippen molar-refractivity contribution in [3.63, 3.8) is 0 Å². The lowest BCUT2D eigenvalue weighted by Crippen LogP contribution is -2.23. The van der Waals surface area contributed by atoms with E-state index in [1.54, 1.807) is 24.5 Å². The second kappa shape index (κ2) is 6.25. The standard InChI is InChI=1S/C13H13Cl2NO2/c14-10-4-3-9(6-11(10)15)7-16-12(8-17)13-2-1-5-18-13/h1-6,12,16-17H,7-8H2. The highest BCUT2D eigenvalue weighted by Gasteiger charge is 2.12. The van der Waals surface area contributed by atoms with Crippen LogP contribution in [0.15, 0.2) is 41.0 Å². The molecule has 2 rings (SSSR count). The largest absolute Gasteiger partial charge is 0.468 e. The van der Waals surface area contributed by atoms with E-state index in [9.17, 15) is 5.11 Å². The summed E-state index contributed by atoms with van der Waals surface area (Å²) in [4.78, 5) is 0. The zero-order chi connectivity index (χ0) is 13.0. The number of benzene rings is 1. The first-order chi connectivity index (χ1) is 8.70. The number of aliphatic hydroxyl groups excluding tert-OH is 1. The first kappa shape index (κ1) is 13.4. The molecule has 1 heterocycles. The molecule has 0 bridgehead atoms. The maximum atomic E-state index is 9.30. The highest BCUT2D eigenvalue weighted by molar-refractivity contribution is 6.42. The first-order valence-corrected chi connectivity index (χ1v) is 6.28. The van der Waals surface area contributed by atoms with Gasteiger partial charge in [-0.1, -0.05) is 29.3 Å². The molecule has 18 heavy (non-hydrogen) atoms. The van der Waals surface area contributed by atoms with E-state index in [1.165, 1.54) is 0 Å². The Kier molecular flexibility index (Phi) is 4.66. The average molecular weight is 286 g/mol. The second-order valence-corrected chi connectivity index (χ2v) is 4.69. The van der Waals surface area contributed by atoms with Crippen LogP contribution in [0.3, 0.4) is 0 Å². The van der Waals surface area contributed by atoms with Gasteiger partial charge in [-0.15, -0.1) is 0 Å². The fourth-order valence-electron chi connectivity index (χ4n) is 1.64. The van der Waals surface area contributed by atoms with Crippen molar-refractivity contribution >= 4 is 23.2 Å². The van der Waals surface area contributed by atoms with Crippen molar-refractivity contribution in [3.8, 4) is 0 Å². The molecule has 5 heteroatoms. The van der Waals surface area contributed by atoms with Crippen LogP contribution in [0.5, 0.6) is 0 Å². The minimum atomic E-state index is -0.227. The van der Waals surface area contributed by atoms with Gasteiger partial charge in [-0.05, 0) is 29.8 Å². The Balaban J connectivity index is 1.99. The van der Waals surface area contributed by atoms with E-state index >= 15 is 0 Å². The summed E-state index contributed by atoms with van der Waals surface area (Å²) in [6.07, 6.45) is 1.58. The van der Waals surface area contributed by atoms with Crippen molar-refractivity contribution in [1.82, 2.24) is 5.32 Å². The molecular formula is C13H13Cl2NO2. The summed E-state index contributed by atoms with van der Waals surface area (Å²) < 4.78 is 5.25. The van der Waals surface area contributed by atoms with Crippen molar-refractivity contribution in [2.24, 2.45) is 0 Å². The lowest BCUT2D eigenvalue weighted by atomic mass is 10.2. The third-order valence-corrected chi connectivity index (χ3v) is 3.34. The van der Waals surface area contributed by atoms with E-state index in [1.807, 2.05) is 12.1 Å². The van der Waals surface area contributed by atoms with Crippen LogP contribution in [0.2, 0.25) is 10.0 Å². The summed E-state index contributed by atoms with van der Waals surface area (Å²) in [5, 5.41) is 13.5. The molecule has 0 aliphatic carbocycles. The van der Waals surface area contributed by atoms with Crippen LogP contribution in [-0.4, -0.2) is 11.7 Å². The number of rotatable bonds is 5. The summed E-state index contributed by atoms with van der Waals surface area (Å²) in [5.74, 6) is 0.706. The predicted molar refractivity (Wildman–Crippen MR) is 71.8 cm³/mol. The van der Waals surface area contributed by atoms with Crippen LogP contribution in [0, 0.1) is 0 Å². The van der Waals surface area contributed by atoms with Gasteiger partial charge < -0.3 is 14.8 Å². The number of hydrogen-bond acceptors (Lipinski definition) is 3. The normalized spacial score (nSPS) is 12.6. The molecule has 0 radical (unpaired) electrons. The van der Waals surface area contributed by atoms with Gasteiger partial charge in [0, 0.05) is 6.54 Å². The highest BCUT2D eigenvalue weighted by Crippen LogP contribution is 2.23. The van der Waals surface area contributed by atoms with Gasteiger partial charge in [0.1, 0.15) is 5.76 Å². The van der Waals surface area contributed by atoms with Crippen LogP contribution in [-0.2, 0) is 6.54 Å². The maximum Gasteiger partial charge on any atom is 0.123 e. The Labute approximate surface area is 115 Å². The molecule has 0 fully saturated rings. The van der Waals surface area contributed by atoms with Gasteiger partial charge in [0.25, 0.3) is 0 Å². The van der Waals surface area contributed by atoms with E-state index < -0.39 is 0 Å². The SMILES string of the molecule is OCC(NCc1ccc(Cl)c(Cl)c1)c1ccco1. The van der Waals surface area contributed by atoms with Crippen molar-refractivity contribution < 1.29 is 9.52 Å². The van der Waals surface area contributed by atoms with E-state index in [0.717, 1.165) is 5.56 Å². The van der Waals surface area contributed by atoms with Gasteiger partial charge in [-0.3, -0.25) is 0 Å². The van der Waals surface area contributed by atoms with E-state index in [2.05, 4.69) is 5.32 Å². The van der Waals surface area contributed by atoms with Gasteiger partial charge in [-0.25, -0.2) is 0 Å². The van der Waals surface area contributed by atoms with E-state index in [4.69, 9.17) is 27.6 Å². The number of nitrogens with one attached hydrogen (secondary N) is 1. The molecule has 0 spiro atoms. The Bertz CT molecular complexity index is 500. The molecule has 3 nitrogen and oxygen atoms in total.